The summed E-state index contributed by atoms with van der Waals surface area (Å²) < 4.78 is 5.78. The SMILES string of the molecule is CCN1CC(C(=O)N2CC(Oc3ccccc3Cl)C2)CC1=O. The number of hydrogen-bond acceptors (Lipinski definition) is 3. The maximum atomic E-state index is 12.4. The van der Waals surface area contributed by atoms with Gasteiger partial charge in [-0.25, -0.2) is 0 Å². The van der Waals surface area contributed by atoms with Gasteiger partial charge in [0.15, 0.2) is 0 Å². The summed E-state index contributed by atoms with van der Waals surface area (Å²) in [6, 6.07) is 7.32. The van der Waals surface area contributed by atoms with E-state index >= 15 is 0 Å². The highest BCUT2D eigenvalue weighted by Crippen LogP contribution is 2.28. The van der Waals surface area contributed by atoms with Gasteiger partial charge in [0.2, 0.25) is 11.8 Å². The third kappa shape index (κ3) is 2.90. The number of ether oxygens (including phenoxy) is 1. The summed E-state index contributed by atoms with van der Waals surface area (Å²) in [5.74, 6) is 0.580. The molecule has 2 aliphatic rings. The molecule has 2 amide bonds. The second-order valence-corrected chi connectivity index (χ2v) is 6.15. The van der Waals surface area contributed by atoms with Gasteiger partial charge in [-0.05, 0) is 19.1 Å². The number of hydrogen-bond donors (Lipinski definition) is 0. The van der Waals surface area contributed by atoms with E-state index in [1.807, 2.05) is 25.1 Å². The highest BCUT2D eigenvalue weighted by atomic mass is 35.5. The fraction of sp³-hybridized carbons (Fsp3) is 0.500. The van der Waals surface area contributed by atoms with Crippen molar-refractivity contribution < 1.29 is 14.3 Å². The third-order valence-electron chi connectivity index (χ3n) is 4.24. The third-order valence-corrected chi connectivity index (χ3v) is 4.55. The van der Waals surface area contributed by atoms with E-state index < -0.39 is 0 Å². The van der Waals surface area contributed by atoms with Crippen LogP contribution in [0.5, 0.6) is 5.75 Å². The largest absolute Gasteiger partial charge is 0.485 e. The molecule has 2 saturated heterocycles. The Morgan fingerprint density at radius 3 is 2.68 bits per heavy atom. The van der Waals surface area contributed by atoms with E-state index in [1.54, 1.807) is 15.9 Å². The van der Waals surface area contributed by atoms with E-state index in [-0.39, 0.29) is 23.8 Å². The summed E-state index contributed by atoms with van der Waals surface area (Å²) in [4.78, 5) is 27.6. The molecule has 118 valence electrons. The molecular weight excluding hydrogens is 304 g/mol. The summed E-state index contributed by atoms with van der Waals surface area (Å²) in [7, 11) is 0. The van der Waals surface area contributed by atoms with E-state index in [1.165, 1.54) is 0 Å². The molecule has 1 aromatic carbocycles. The van der Waals surface area contributed by atoms with Gasteiger partial charge < -0.3 is 14.5 Å². The Balaban J connectivity index is 1.50. The van der Waals surface area contributed by atoms with Crippen LogP contribution in [0.15, 0.2) is 24.3 Å². The molecule has 22 heavy (non-hydrogen) atoms. The monoisotopic (exact) mass is 322 g/mol. The van der Waals surface area contributed by atoms with E-state index in [2.05, 4.69) is 0 Å². The summed E-state index contributed by atoms with van der Waals surface area (Å²) in [6.07, 6.45) is 0.308. The van der Waals surface area contributed by atoms with Crippen molar-refractivity contribution >= 4 is 23.4 Å². The van der Waals surface area contributed by atoms with Crippen molar-refractivity contribution in [3.63, 3.8) is 0 Å². The van der Waals surface area contributed by atoms with Gasteiger partial charge in [0, 0.05) is 19.5 Å². The van der Waals surface area contributed by atoms with Gasteiger partial charge >= 0.3 is 0 Å². The lowest BCUT2D eigenvalue weighted by molar-refractivity contribution is -0.144. The van der Waals surface area contributed by atoms with Crippen LogP contribution in [0.4, 0.5) is 0 Å². The number of halogens is 1. The molecule has 5 nitrogen and oxygen atoms in total. The van der Waals surface area contributed by atoms with Gasteiger partial charge in [0.1, 0.15) is 11.9 Å². The van der Waals surface area contributed by atoms with Crippen molar-refractivity contribution in [2.45, 2.75) is 19.4 Å². The van der Waals surface area contributed by atoms with E-state index in [0.29, 0.717) is 43.4 Å². The molecule has 2 heterocycles. The van der Waals surface area contributed by atoms with Crippen molar-refractivity contribution in [3.05, 3.63) is 29.3 Å². The molecule has 0 aromatic heterocycles. The number of carbonyl (C=O) groups excluding carboxylic acids is 2. The zero-order valence-electron chi connectivity index (χ0n) is 12.5. The van der Waals surface area contributed by atoms with Crippen LogP contribution in [0.2, 0.25) is 5.02 Å². The van der Waals surface area contributed by atoms with Crippen LogP contribution in [-0.2, 0) is 9.59 Å². The summed E-state index contributed by atoms with van der Waals surface area (Å²) in [6.45, 7) is 4.26. The Kier molecular flexibility index (Phi) is 4.25. The second-order valence-electron chi connectivity index (χ2n) is 5.75. The average Bonchev–Trinajstić information content (AvgIpc) is 2.84. The average molecular weight is 323 g/mol. The molecule has 0 radical (unpaired) electrons. The molecule has 0 N–H and O–H groups in total. The predicted octanol–water partition coefficient (Wildman–Crippen LogP) is 1.80. The van der Waals surface area contributed by atoms with E-state index in [9.17, 15) is 9.59 Å². The minimum atomic E-state index is -0.200. The molecule has 0 bridgehead atoms. The Morgan fingerprint density at radius 2 is 2.05 bits per heavy atom. The molecule has 1 unspecified atom stereocenters. The highest BCUT2D eigenvalue weighted by Gasteiger charge is 2.40. The zero-order chi connectivity index (χ0) is 15.7. The van der Waals surface area contributed by atoms with Gasteiger partial charge in [-0.15, -0.1) is 0 Å². The topological polar surface area (TPSA) is 49.9 Å². The normalized spacial score (nSPS) is 21.9. The number of rotatable bonds is 4. The molecule has 2 aliphatic heterocycles. The lowest BCUT2D eigenvalue weighted by Gasteiger charge is -2.40. The lowest BCUT2D eigenvalue weighted by atomic mass is 10.0. The first kappa shape index (κ1) is 15.2. The molecule has 0 spiro atoms. The van der Waals surface area contributed by atoms with Crippen molar-refractivity contribution in [2.75, 3.05) is 26.2 Å². The fourth-order valence-corrected chi connectivity index (χ4v) is 3.09. The molecular formula is C16H19ClN2O3. The number of nitrogens with zero attached hydrogens (tertiary/aromatic N) is 2. The second kappa shape index (κ2) is 6.16. The Morgan fingerprint density at radius 1 is 1.32 bits per heavy atom. The summed E-state index contributed by atoms with van der Waals surface area (Å²) in [5.41, 5.74) is 0. The van der Waals surface area contributed by atoms with Crippen LogP contribution in [-0.4, -0.2) is 53.9 Å². The number of amides is 2. The molecule has 1 atom stereocenters. The van der Waals surface area contributed by atoms with Gasteiger partial charge in [0.25, 0.3) is 0 Å². The van der Waals surface area contributed by atoms with Gasteiger partial charge in [-0.1, -0.05) is 23.7 Å². The predicted molar refractivity (Wildman–Crippen MR) is 82.8 cm³/mol. The van der Waals surface area contributed by atoms with Crippen LogP contribution in [0.25, 0.3) is 0 Å². The van der Waals surface area contributed by atoms with Gasteiger partial charge in [-0.3, -0.25) is 9.59 Å². The van der Waals surface area contributed by atoms with Gasteiger partial charge in [-0.2, -0.15) is 0 Å². The Labute approximate surface area is 134 Å². The van der Waals surface area contributed by atoms with Crippen molar-refractivity contribution in [2.24, 2.45) is 5.92 Å². The van der Waals surface area contributed by atoms with Crippen molar-refractivity contribution in [1.29, 1.82) is 0 Å². The first-order valence-electron chi connectivity index (χ1n) is 7.56. The number of benzene rings is 1. The summed E-state index contributed by atoms with van der Waals surface area (Å²) in [5, 5.41) is 0.576. The number of para-hydroxylation sites is 1. The number of carbonyl (C=O) groups is 2. The number of likely N-dealkylation sites (tertiary alicyclic amines) is 2. The van der Waals surface area contributed by atoms with E-state index in [0.717, 1.165) is 0 Å². The Hall–Kier alpha value is -1.75. The van der Waals surface area contributed by atoms with Gasteiger partial charge in [0.05, 0.1) is 24.0 Å². The fourth-order valence-electron chi connectivity index (χ4n) is 2.91. The standard InChI is InChI=1S/C16H19ClN2O3/c1-2-18-8-11(7-15(18)20)16(21)19-9-12(10-19)22-14-6-4-3-5-13(14)17/h3-6,11-12H,2,7-10H2,1H3. The maximum absolute atomic E-state index is 12.4. The quantitative estimate of drug-likeness (QED) is 0.849. The highest BCUT2D eigenvalue weighted by molar-refractivity contribution is 6.32. The van der Waals surface area contributed by atoms with Crippen LogP contribution in [0.3, 0.4) is 0 Å². The first-order valence-corrected chi connectivity index (χ1v) is 7.94. The minimum absolute atomic E-state index is 0.0248. The molecule has 3 rings (SSSR count). The lowest BCUT2D eigenvalue weighted by Crippen LogP contribution is -2.57. The van der Waals surface area contributed by atoms with E-state index in [4.69, 9.17) is 16.3 Å². The molecule has 0 aliphatic carbocycles. The van der Waals surface area contributed by atoms with Crippen molar-refractivity contribution in [3.8, 4) is 5.75 Å². The molecule has 0 saturated carbocycles. The summed E-state index contributed by atoms with van der Waals surface area (Å²) >= 11 is 6.05. The molecule has 6 heteroatoms. The Bertz CT molecular complexity index is 587. The van der Waals surface area contributed by atoms with Crippen LogP contribution in [0, 0.1) is 5.92 Å². The van der Waals surface area contributed by atoms with Crippen LogP contribution in [0.1, 0.15) is 13.3 Å². The van der Waals surface area contributed by atoms with Crippen LogP contribution >= 0.6 is 11.6 Å². The molecule has 1 aromatic rings. The molecule has 2 fully saturated rings. The maximum Gasteiger partial charge on any atom is 0.228 e. The van der Waals surface area contributed by atoms with Crippen molar-refractivity contribution in [1.82, 2.24) is 9.80 Å². The first-order chi connectivity index (χ1) is 10.6. The van der Waals surface area contributed by atoms with Crippen LogP contribution < -0.4 is 4.74 Å². The minimum Gasteiger partial charge on any atom is -0.485 e. The smallest absolute Gasteiger partial charge is 0.228 e. The zero-order valence-corrected chi connectivity index (χ0v) is 13.3.